The molecular weight excluding hydrogens is 260 g/mol. The van der Waals surface area contributed by atoms with Gasteiger partial charge in [0.25, 0.3) is 9.68 Å². The summed E-state index contributed by atoms with van der Waals surface area (Å²) in [5.74, 6) is 0.213. The van der Waals surface area contributed by atoms with Gasteiger partial charge in [-0.1, -0.05) is 46.0 Å². The Morgan fingerprint density at radius 2 is 2.00 bits per heavy atom. The van der Waals surface area contributed by atoms with Gasteiger partial charge in [0.2, 0.25) is 5.82 Å². The molecule has 0 radical (unpaired) electrons. The number of alkyl halides is 3. The molecule has 0 amide bonds. The molecule has 78 valence electrons. The van der Waals surface area contributed by atoms with Crippen LogP contribution in [0.5, 0.6) is 0 Å². The Labute approximate surface area is 100 Å². The third kappa shape index (κ3) is 2.40. The first-order chi connectivity index (χ1) is 7.07. The van der Waals surface area contributed by atoms with E-state index in [9.17, 15) is 0 Å². The highest BCUT2D eigenvalue weighted by Gasteiger charge is 2.30. The fourth-order valence-electron chi connectivity index (χ4n) is 0.938. The molecule has 2 aromatic heterocycles. The SMILES string of the molecule is ClC(Cl)(Cl)c1nc(-c2ccccn2)no1. The molecule has 0 aliphatic carbocycles. The maximum Gasteiger partial charge on any atom is 0.279 e. The van der Waals surface area contributed by atoms with E-state index in [2.05, 4.69) is 15.1 Å². The van der Waals surface area contributed by atoms with E-state index in [1.54, 1.807) is 24.4 Å². The molecule has 0 atom stereocenters. The van der Waals surface area contributed by atoms with Crippen LogP contribution in [-0.2, 0) is 3.79 Å². The van der Waals surface area contributed by atoms with E-state index in [1.165, 1.54) is 0 Å². The Kier molecular flexibility index (Phi) is 2.82. The van der Waals surface area contributed by atoms with Crippen molar-refractivity contribution in [2.45, 2.75) is 3.79 Å². The highest BCUT2D eigenvalue weighted by Crippen LogP contribution is 2.37. The topological polar surface area (TPSA) is 51.8 Å². The number of rotatable bonds is 1. The second-order valence-corrected chi connectivity index (χ2v) is 4.92. The molecule has 0 saturated carbocycles. The van der Waals surface area contributed by atoms with E-state index in [-0.39, 0.29) is 11.7 Å². The van der Waals surface area contributed by atoms with Gasteiger partial charge in [-0.3, -0.25) is 4.98 Å². The summed E-state index contributed by atoms with van der Waals surface area (Å²) >= 11 is 16.7. The molecule has 0 aromatic carbocycles. The van der Waals surface area contributed by atoms with Crippen LogP contribution in [0.1, 0.15) is 5.89 Å². The monoisotopic (exact) mass is 263 g/mol. The third-order valence-electron chi connectivity index (χ3n) is 1.56. The summed E-state index contributed by atoms with van der Waals surface area (Å²) < 4.78 is 3.08. The first kappa shape index (κ1) is 10.7. The van der Waals surface area contributed by atoms with Crippen LogP contribution in [-0.4, -0.2) is 15.1 Å². The number of hydrogen-bond donors (Lipinski definition) is 0. The van der Waals surface area contributed by atoms with Crippen molar-refractivity contribution in [2.75, 3.05) is 0 Å². The average molecular weight is 264 g/mol. The van der Waals surface area contributed by atoms with Gasteiger partial charge >= 0.3 is 0 Å². The van der Waals surface area contributed by atoms with Gasteiger partial charge in [0.1, 0.15) is 5.69 Å². The largest absolute Gasteiger partial charge is 0.334 e. The Hall–Kier alpha value is -0.840. The van der Waals surface area contributed by atoms with Crippen molar-refractivity contribution < 1.29 is 4.52 Å². The molecule has 4 nitrogen and oxygen atoms in total. The number of halogens is 3. The van der Waals surface area contributed by atoms with Gasteiger partial charge in [-0.05, 0) is 12.1 Å². The Morgan fingerprint density at radius 1 is 1.20 bits per heavy atom. The van der Waals surface area contributed by atoms with E-state index in [1.807, 2.05) is 0 Å². The van der Waals surface area contributed by atoms with E-state index in [0.717, 1.165) is 0 Å². The van der Waals surface area contributed by atoms with Gasteiger partial charge in [0.15, 0.2) is 0 Å². The minimum Gasteiger partial charge on any atom is -0.334 e. The number of nitrogens with zero attached hydrogens (tertiary/aromatic N) is 3. The van der Waals surface area contributed by atoms with Crippen LogP contribution in [0, 0.1) is 0 Å². The Morgan fingerprint density at radius 3 is 2.53 bits per heavy atom. The van der Waals surface area contributed by atoms with Crippen molar-refractivity contribution in [3.8, 4) is 11.5 Å². The predicted molar refractivity (Wildman–Crippen MR) is 56.8 cm³/mol. The van der Waals surface area contributed by atoms with E-state index in [4.69, 9.17) is 39.3 Å². The minimum atomic E-state index is -1.71. The van der Waals surface area contributed by atoms with E-state index in [0.29, 0.717) is 5.69 Å². The molecule has 0 bridgehead atoms. The summed E-state index contributed by atoms with van der Waals surface area (Å²) in [4.78, 5) is 7.95. The van der Waals surface area contributed by atoms with Crippen molar-refractivity contribution in [3.05, 3.63) is 30.3 Å². The number of pyridine rings is 1. The molecule has 7 heteroatoms. The van der Waals surface area contributed by atoms with Crippen LogP contribution < -0.4 is 0 Å². The van der Waals surface area contributed by atoms with Crippen molar-refractivity contribution in [2.24, 2.45) is 0 Å². The lowest BCUT2D eigenvalue weighted by molar-refractivity contribution is 0.383. The van der Waals surface area contributed by atoms with Crippen LogP contribution in [0.3, 0.4) is 0 Å². The van der Waals surface area contributed by atoms with Crippen molar-refractivity contribution >= 4 is 34.8 Å². The van der Waals surface area contributed by atoms with Gasteiger partial charge < -0.3 is 4.52 Å². The predicted octanol–water partition coefficient (Wildman–Crippen LogP) is 2.96. The van der Waals surface area contributed by atoms with Gasteiger partial charge in [0.05, 0.1) is 0 Å². The molecule has 0 N–H and O–H groups in total. The lowest BCUT2D eigenvalue weighted by Crippen LogP contribution is -1.99. The zero-order valence-corrected chi connectivity index (χ0v) is 9.46. The van der Waals surface area contributed by atoms with Gasteiger partial charge in [-0.25, -0.2) is 0 Å². The second kappa shape index (κ2) is 3.96. The van der Waals surface area contributed by atoms with Crippen molar-refractivity contribution in [1.29, 1.82) is 0 Å². The molecule has 2 aromatic rings. The lowest BCUT2D eigenvalue weighted by atomic mass is 10.3. The zero-order valence-electron chi connectivity index (χ0n) is 7.19. The fraction of sp³-hybridized carbons (Fsp3) is 0.125. The molecule has 0 fully saturated rings. The summed E-state index contributed by atoms with van der Waals surface area (Å²) in [7, 11) is 0. The molecule has 0 unspecified atom stereocenters. The number of aromatic nitrogens is 3. The van der Waals surface area contributed by atoms with Crippen LogP contribution >= 0.6 is 34.8 Å². The first-order valence-electron chi connectivity index (χ1n) is 3.89. The van der Waals surface area contributed by atoms with Crippen LogP contribution in [0.15, 0.2) is 28.9 Å². The summed E-state index contributed by atoms with van der Waals surface area (Å²) in [6, 6.07) is 5.31. The summed E-state index contributed by atoms with van der Waals surface area (Å²) in [6.45, 7) is 0. The van der Waals surface area contributed by atoms with Crippen molar-refractivity contribution in [3.63, 3.8) is 0 Å². The smallest absolute Gasteiger partial charge is 0.279 e. The maximum absolute atomic E-state index is 5.57. The first-order valence-corrected chi connectivity index (χ1v) is 5.03. The highest BCUT2D eigenvalue weighted by atomic mass is 35.6. The summed E-state index contributed by atoms with van der Waals surface area (Å²) in [5, 5.41) is 3.65. The summed E-state index contributed by atoms with van der Waals surface area (Å²) in [5.41, 5.74) is 0.557. The van der Waals surface area contributed by atoms with Gasteiger partial charge in [-0.2, -0.15) is 4.98 Å². The van der Waals surface area contributed by atoms with Gasteiger partial charge in [-0.15, -0.1) is 0 Å². The fourth-order valence-corrected chi connectivity index (χ4v) is 1.17. The normalized spacial score (nSPS) is 11.7. The lowest BCUT2D eigenvalue weighted by Gasteiger charge is -2.01. The average Bonchev–Trinajstić information content (AvgIpc) is 2.67. The minimum absolute atomic E-state index is 0.0758. The Bertz CT molecular complexity index is 452. The molecule has 2 rings (SSSR count). The van der Waals surface area contributed by atoms with Crippen LogP contribution in [0.4, 0.5) is 0 Å². The molecular formula is C8H4Cl3N3O. The van der Waals surface area contributed by atoms with Gasteiger partial charge in [0, 0.05) is 6.20 Å². The van der Waals surface area contributed by atoms with Crippen LogP contribution in [0.2, 0.25) is 0 Å². The molecule has 0 aliphatic rings. The Balaban J connectivity index is 2.37. The molecule has 0 saturated heterocycles. The van der Waals surface area contributed by atoms with Crippen LogP contribution in [0.25, 0.3) is 11.5 Å². The second-order valence-electron chi connectivity index (χ2n) is 2.64. The quantitative estimate of drug-likeness (QED) is 0.743. The maximum atomic E-state index is 5.57. The molecule has 2 heterocycles. The number of hydrogen-bond acceptors (Lipinski definition) is 4. The molecule has 0 aliphatic heterocycles. The van der Waals surface area contributed by atoms with E-state index >= 15 is 0 Å². The standard InChI is InChI=1S/C8H4Cl3N3O/c9-8(10,11)7-13-6(14-15-7)5-3-1-2-4-12-5/h1-4H. The highest BCUT2D eigenvalue weighted by molar-refractivity contribution is 6.66. The zero-order chi connectivity index (χ0) is 10.9. The molecule has 0 spiro atoms. The van der Waals surface area contributed by atoms with E-state index < -0.39 is 3.79 Å². The molecule has 15 heavy (non-hydrogen) atoms. The third-order valence-corrected chi connectivity index (χ3v) is 2.05. The van der Waals surface area contributed by atoms with Crippen molar-refractivity contribution in [1.82, 2.24) is 15.1 Å². The summed E-state index contributed by atoms with van der Waals surface area (Å²) in [6.07, 6.45) is 1.61.